The van der Waals surface area contributed by atoms with Crippen molar-refractivity contribution in [2.24, 2.45) is 0 Å². The Hall–Kier alpha value is -3.26. The number of aromatic nitrogens is 4. The highest BCUT2D eigenvalue weighted by Crippen LogP contribution is 2.27. The Balaban J connectivity index is 1.67. The van der Waals surface area contributed by atoms with Crippen molar-refractivity contribution in [1.82, 2.24) is 20.0 Å². The molecule has 0 bridgehead atoms. The van der Waals surface area contributed by atoms with E-state index in [1.165, 1.54) is 16.4 Å². The minimum Gasteiger partial charge on any atom is -0.410 e. The molecule has 0 N–H and O–H groups in total. The van der Waals surface area contributed by atoms with E-state index < -0.39 is 0 Å². The van der Waals surface area contributed by atoms with Crippen LogP contribution in [0.15, 0.2) is 69.0 Å². The molecule has 30 heavy (non-hydrogen) atoms. The monoisotopic (exact) mass is 420 g/mol. The Kier molecular flexibility index (Phi) is 6.04. The molecule has 152 valence electrons. The molecule has 0 spiro atoms. The number of nitrogens with zero attached hydrogens (tertiary/aromatic N) is 4. The maximum absolute atomic E-state index is 13.0. The quantitative estimate of drug-likeness (QED) is 0.315. The van der Waals surface area contributed by atoms with E-state index in [1.807, 2.05) is 48.5 Å². The predicted octanol–water partition coefficient (Wildman–Crippen LogP) is 3.96. The highest BCUT2D eigenvalue weighted by atomic mass is 32.2. The second kappa shape index (κ2) is 9.04. The summed E-state index contributed by atoms with van der Waals surface area (Å²) in [5.41, 5.74) is 1.28. The molecule has 7 nitrogen and oxygen atoms in total. The second-order valence-corrected chi connectivity index (χ2v) is 7.92. The summed E-state index contributed by atoms with van der Waals surface area (Å²) in [4.78, 5) is 24.0. The molecule has 0 aliphatic heterocycles. The zero-order valence-electron chi connectivity index (χ0n) is 16.4. The normalized spacial score (nSPS) is 11.1. The van der Waals surface area contributed by atoms with Gasteiger partial charge in [0.1, 0.15) is 5.78 Å². The Bertz CT molecular complexity index is 1230. The largest absolute Gasteiger partial charge is 0.410 e. The number of Topliss-reactive ketones (excluding diaryl/α,β-unsaturated/α-hetero) is 1. The molecule has 8 heteroatoms. The van der Waals surface area contributed by atoms with Crippen LogP contribution in [0.25, 0.3) is 22.4 Å². The molecular weight excluding hydrogens is 400 g/mol. The van der Waals surface area contributed by atoms with Crippen molar-refractivity contribution in [2.75, 3.05) is 5.75 Å². The van der Waals surface area contributed by atoms with Crippen LogP contribution >= 0.6 is 11.8 Å². The minimum atomic E-state index is -0.170. The highest BCUT2D eigenvalue weighted by molar-refractivity contribution is 7.99. The molecule has 4 rings (SSSR count). The Morgan fingerprint density at radius 3 is 2.53 bits per heavy atom. The van der Waals surface area contributed by atoms with Crippen LogP contribution in [-0.2, 0) is 11.3 Å². The molecule has 2 aromatic carbocycles. The molecule has 0 atom stereocenters. The molecule has 0 saturated carbocycles. The fraction of sp³-hybridized carbons (Fsp3) is 0.227. The predicted molar refractivity (Wildman–Crippen MR) is 115 cm³/mol. The van der Waals surface area contributed by atoms with Crippen LogP contribution in [0.3, 0.4) is 0 Å². The number of carbonyl (C=O) groups excluding carboxylic acids is 1. The zero-order valence-corrected chi connectivity index (χ0v) is 17.3. The molecule has 2 aromatic heterocycles. The maximum atomic E-state index is 13.0. The summed E-state index contributed by atoms with van der Waals surface area (Å²) in [7, 11) is 0. The standard InChI is InChI=1S/C22H20N4O3S/c1-15(27)8-7-13-30-22-24-23-20(29-22)19-17-11-5-6-12-18(17)21(28)26(25-19)14-16-9-3-2-4-10-16/h2-6,9-12H,7-8,13-14H2,1H3. The molecule has 0 radical (unpaired) electrons. The van der Waals surface area contributed by atoms with Crippen LogP contribution in [0.4, 0.5) is 0 Å². The van der Waals surface area contributed by atoms with Crippen molar-refractivity contribution in [3.63, 3.8) is 0 Å². The number of ketones is 1. The van der Waals surface area contributed by atoms with Gasteiger partial charge in [-0.2, -0.15) is 5.10 Å². The van der Waals surface area contributed by atoms with Crippen molar-refractivity contribution in [2.45, 2.75) is 31.5 Å². The SMILES string of the molecule is CC(=O)CCCSc1nnc(-c2nn(Cc3ccccc3)c(=O)c3ccccc23)o1. The van der Waals surface area contributed by atoms with Gasteiger partial charge in [-0.3, -0.25) is 4.79 Å². The van der Waals surface area contributed by atoms with Crippen LogP contribution in [0.5, 0.6) is 0 Å². The van der Waals surface area contributed by atoms with Crippen molar-refractivity contribution in [1.29, 1.82) is 0 Å². The Morgan fingerprint density at radius 2 is 1.77 bits per heavy atom. The van der Waals surface area contributed by atoms with Gasteiger partial charge in [0.2, 0.25) is 0 Å². The van der Waals surface area contributed by atoms with Gasteiger partial charge in [-0.1, -0.05) is 60.3 Å². The van der Waals surface area contributed by atoms with E-state index in [4.69, 9.17) is 4.42 Å². The van der Waals surface area contributed by atoms with E-state index in [0.717, 1.165) is 12.0 Å². The lowest BCUT2D eigenvalue weighted by molar-refractivity contribution is -0.117. The molecule has 0 aliphatic rings. The van der Waals surface area contributed by atoms with Gasteiger partial charge >= 0.3 is 0 Å². The van der Waals surface area contributed by atoms with Crippen LogP contribution in [0, 0.1) is 0 Å². The van der Waals surface area contributed by atoms with Crippen molar-refractivity contribution >= 4 is 28.3 Å². The summed E-state index contributed by atoms with van der Waals surface area (Å²) in [6, 6.07) is 17.0. The summed E-state index contributed by atoms with van der Waals surface area (Å²) >= 11 is 1.40. The molecule has 0 fully saturated rings. The number of benzene rings is 2. The summed E-state index contributed by atoms with van der Waals surface area (Å²) in [5, 5.41) is 14.4. The molecule has 0 saturated heterocycles. The first-order valence-corrected chi connectivity index (χ1v) is 10.6. The number of carbonyl (C=O) groups is 1. The van der Waals surface area contributed by atoms with E-state index in [-0.39, 0.29) is 17.2 Å². The Morgan fingerprint density at radius 1 is 1.03 bits per heavy atom. The number of fused-ring (bicyclic) bond motifs is 1. The van der Waals surface area contributed by atoms with Gasteiger partial charge in [-0.25, -0.2) is 4.68 Å². The van der Waals surface area contributed by atoms with Gasteiger partial charge in [-0.15, -0.1) is 10.2 Å². The van der Waals surface area contributed by atoms with E-state index >= 15 is 0 Å². The summed E-state index contributed by atoms with van der Waals surface area (Å²) < 4.78 is 7.24. The summed E-state index contributed by atoms with van der Waals surface area (Å²) in [6.07, 6.45) is 1.28. The van der Waals surface area contributed by atoms with Crippen LogP contribution in [0.2, 0.25) is 0 Å². The number of hydrogen-bond donors (Lipinski definition) is 0. The van der Waals surface area contributed by atoms with Crippen LogP contribution in [-0.4, -0.2) is 31.5 Å². The van der Waals surface area contributed by atoms with Crippen LogP contribution < -0.4 is 5.56 Å². The second-order valence-electron chi connectivity index (χ2n) is 6.87. The summed E-state index contributed by atoms with van der Waals surface area (Å²) in [6.45, 7) is 1.93. The lowest BCUT2D eigenvalue weighted by Crippen LogP contribution is -2.24. The first-order chi connectivity index (χ1) is 14.6. The molecule has 2 heterocycles. The maximum Gasteiger partial charge on any atom is 0.276 e. The van der Waals surface area contributed by atoms with Gasteiger partial charge < -0.3 is 9.21 Å². The number of rotatable bonds is 8. The van der Waals surface area contributed by atoms with E-state index in [2.05, 4.69) is 15.3 Å². The lowest BCUT2D eigenvalue weighted by atomic mass is 10.1. The first-order valence-electron chi connectivity index (χ1n) is 9.62. The van der Waals surface area contributed by atoms with Crippen LogP contribution in [0.1, 0.15) is 25.3 Å². The van der Waals surface area contributed by atoms with E-state index in [9.17, 15) is 9.59 Å². The third kappa shape index (κ3) is 4.49. The highest BCUT2D eigenvalue weighted by Gasteiger charge is 2.17. The smallest absolute Gasteiger partial charge is 0.276 e. The fourth-order valence-electron chi connectivity index (χ4n) is 3.10. The molecule has 0 aliphatic carbocycles. The fourth-order valence-corrected chi connectivity index (χ4v) is 3.80. The average Bonchev–Trinajstić information content (AvgIpc) is 3.23. The lowest BCUT2D eigenvalue weighted by Gasteiger charge is -2.09. The van der Waals surface area contributed by atoms with E-state index in [0.29, 0.717) is 40.4 Å². The third-order valence-corrected chi connectivity index (χ3v) is 5.46. The number of thioether (sulfide) groups is 1. The van der Waals surface area contributed by atoms with Gasteiger partial charge in [0.25, 0.3) is 16.7 Å². The Labute approximate surface area is 177 Å². The third-order valence-electron chi connectivity index (χ3n) is 4.55. The van der Waals surface area contributed by atoms with Gasteiger partial charge in [0, 0.05) is 17.6 Å². The summed E-state index contributed by atoms with van der Waals surface area (Å²) in [5.74, 6) is 1.14. The van der Waals surface area contributed by atoms with Crippen molar-refractivity contribution < 1.29 is 9.21 Å². The molecular formula is C22H20N4O3S. The minimum absolute atomic E-state index is 0.165. The van der Waals surface area contributed by atoms with Crippen molar-refractivity contribution in [3.05, 3.63) is 70.5 Å². The molecule has 0 amide bonds. The average molecular weight is 420 g/mol. The molecule has 0 unspecified atom stereocenters. The van der Waals surface area contributed by atoms with Crippen molar-refractivity contribution in [3.8, 4) is 11.6 Å². The zero-order chi connectivity index (χ0) is 20.9. The topological polar surface area (TPSA) is 90.9 Å². The van der Waals surface area contributed by atoms with Gasteiger partial charge in [-0.05, 0) is 25.0 Å². The van der Waals surface area contributed by atoms with Gasteiger partial charge in [0.15, 0.2) is 5.69 Å². The number of hydrogen-bond acceptors (Lipinski definition) is 7. The molecule has 4 aromatic rings. The van der Waals surface area contributed by atoms with Gasteiger partial charge in [0.05, 0.1) is 11.9 Å². The first kappa shape index (κ1) is 20.0. The van der Waals surface area contributed by atoms with E-state index in [1.54, 1.807) is 13.0 Å².